The fraction of sp³-hybridized carbons (Fsp3) is 0.471. The van der Waals surface area contributed by atoms with Crippen LogP contribution in [0.2, 0.25) is 0 Å². The summed E-state index contributed by atoms with van der Waals surface area (Å²) >= 11 is 1.74. The first-order chi connectivity index (χ1) is 10.2. The number of benzene rings is 1. The van der Waals surface area contributed by atoms with Gasteiger partial charge in [-0.3, -0.25) is 0 Å². The first-order valence-electron chi connectivity index (χ1n) is 7.60. The van der Waals surface area contributed by atoms with E-state index in [4.69, 9.17) is 4.74 Å². The summed E-state index contributed by atoms with van der Waals surface area (Å²) in [4.78, 5) is 5.90. The molecule has 2 rings (SSSR count). The zero-order valence-corrected chi connectivity index (χ0v) is 13.9. The average molecular weight is 304 g/mol. The van der Waals surface area contributed by atoms with Crippen LogP contribution in [0.25, 0.3) is 0 Å². The summed E-state index contributed by atoms with van der Waals surface area (Å²) in [5, 5.41) is 4.46. The Morgan fingerprint density at radius 1 is 1.19 bits per heavy atom. The number of aryl methyl sites for hydroxylation is 2. The number of rotatable bonds is 8. The van der Waals surface area contributed by atoms with Crippen molar-refractivity contribution >= 4 is 11.3 Å². The summed E-state index contributed by atoms with van der Waals surface area (Å²) in [6.07, 6.45) is 2.21. The summed E-state index contributed by atoms with van der Waals surface area (Å²) in [6.45, 7) is 8.90. The van der Waals surface area contributed by atoms with Crippen LogP contribution in [0.4, 0.5) is 0 Å². The van der Waals surface area contributed by atoms with Crippen LogP contribution < -0.4 is 10.1 Å². The highest BCUT2D eigenvalue weighted by Gasteiger charge is 2.07. The van der Waals surface area contributed by atoms with E-state index >= 15 is 0 Å². The van der Waals surface area contributed by atoms with Gasteiger partial charge < -0.3 is 10.1 Å². The van der Waals surface area contributed by atoms with Crippen LogP contribution in [0, 0.1) is 6.92 Å². The molecule has 0 amide bonds. The normalized spacial score (nSPS) is 10.8. The summed E-state index contributed by atoms with van der Waals surface area (Å²) in [6, 6.07) is 8.29. The number of ether oxygens (including phenoxy) is 1. The van der Waals surface area contributed by atoms with Gasteiger partial charge in [-0.15, -0.1) is 11.3 Å². The first kappa shape index (κ1) is 16.0. The number of aromatic nitrogens is 1. The monoisotopic (exact) mass is 304 g/mol. The Morgan fingerprint density at radius 3 is 2.62 bits per heavy atom. The Bertz CT molecular complexity index is 548. The molecule has 0 saturated heterocycles. The van der Waals surface area contributed by atoms with E-state index in [1.807, 2.05) is 12.1 Å². The van der Waals surface area contributed by atoms with E-state index in [0.29, 0.717) is 6.61 Å². The fourth-order valence-corrected chi connectivity index (χ4v) is 3.01. The van der Waals surface area contributed by atoms with Crippen molar-refractivity contribution in [3.05, 3.63) is 45.4 Å². The highest BCUT2D eigenvalue weighted by Crippen LogP contribution is 2.20. The maximum absolute atomic E-state index is 5.81. The molecule has 0 fully saturated rings. The van der Waals surface area contributed by atoms with Crippen LogP contribution >= 0.6 is 11.3 Å². The molecule has 0 unspecified atom stereocenters. The van der Waals surface area contributed by atoms with E-state index in [9.17, 15) is 0 Å². The first-order valence-corrected chi connectivity index (χ1v) is 8.42. The number of hydrogen-bond acceptors (Lipinski definition) is 4. The van der Waals surface area contributed by atoms with Crippen molar-refractivity contribution in [1.29, 1.82) is 0 Å². The van der Waals surface area contributed by atoms with Crippen LogP contribution in [0.5, 0.6) is 5.75 Å². The standard InChI is InChI=1S/C17H24N2OS/c1-4-10-18-11-16-13(3)19-17(21-16)12-20-15-8-6-14(5-2)7-9-15/h6-9,18H,4-5,10-12H2,1-3H3. The van der Waals surface area contributed by atoms with Crippen molar-refractivity contribution < 1.29 is 4.74 Å². The van der Waals surface area contributed by atoms with Gasteiger partial charge in [0.15, 0.2) is 0 Å². The van der Waals surface area contributed by atoms with Crippen LogP contribution in [-0.4, -0.2) is 11.5 Å². The zero-order chi connectivity index (χ0) is 15.1. The van der Waals surface area contributed by atoms with Gasteiger partial charge in [-0.05, 0) is 44.0 Å². The Labute approximate surface area is 131 Å². The molecule has 1 N–H and O–H groups in total. The van der Waals surface area contributed by atoms with Gasteiger partial charge in [0.2, 0.25) is 0 Å². The second kappa shape index (κ2) is 8.15. The Kier molecular flexibility index (Phi) is 6.21. The average Bonchev–Trinajstić information content (AvgIpc) is 2.86. The van der Waals surface area contributed by atoms with Gasteiger partial charge in [-0.25, -0.2) is 4.98 Å². The van der Waals surface area contributed by atoms with E-state index in [1.54, 1.807) is 11.3 Å². The minimum absolute atomic E-state index is 0.546. The SMILES string of the molecule is CCCNCc1sc(COc2ccc(CC)cc2)nc1C. The maximum Gasteiger partial charge on any atom is 0.140 e. The molecule has 21 heavy (non-hydrogen) atoms. The molecule has 0 spiro atoms. The Morgan fingerprint density at radius 2 is 1.95 bits per heavy atom. The lowest BCUT2D eigenvalue weighted by Gasteiger charge is -2.04. The molecule has 1 aromatic carbocycles. The lowest BCUT2D eigenvalue weighted by Crippen LogP contribution is -2.13. The van der Waals surface area contributed by atoms with Crippen molar-refractivity contribution in [1.82, 2.24) is 10.3 Å². The van der Waals surface area contributed by atoms with Crippen molar-refractivity contribution in [3.63, 3.8) is 0 Å². The highest BCUT2D eigenvalue weighted by molar-refractivity contribution is 7.11. The predicted molar refractivity (Wildman–Crippen MR) is 89.0 cm³/mol. The molecule has 4 heteroatoms. The van der Waals surface area contributed by atoms with Gasteiger partial charge in [0.25, 0.3) is 0 Å². The third-order valence-electron chi connectivity index (χ3n) is 3.34. The molecule has 0 saturated carbocycles. The molecule has 1 aromatic heterocycles. The molecule has 114 valence electrons. The lowest BCUT2D eigenvalue weighted by atomic mass is 10.2. The molecule has 0 bridgehead atoms. The van der Waals surface area contributed by atoms with Crippen LogP contribution in [-0.2, 0) is 19.6 Å². The van der Waals surface area contributed by atoms with Crippen molar-refractivity contribution in [2.45, 2.75) is 46.8 Å². The third kappa shape index (κ3) is 4.83. The molecule has 0 aliphatic heterocycles. The van der Waals surface area contributed by atoms with Gasteiger partial charge in [0.1, 0.15) is 17.4 Å². The van der Waals surface area contributed by atoms with Gasteiger partial charge >= 0.3 is 0 Å². The molecule has 1 heterocycles. The lowest BCUT2D eigenvalue weighted by molar-refractivity contribution is 0.305. The quantitative estimate of drug-likeness (QED) is 0.746. The van der Waals surface area contributed by atoms with Gasteiger partial charge in [-0.1, -0.05) is 26.0 Å². The van der Waals surface area contributed by atoms with Crippen LogP contribution in [0.15, 0.2) is 24.3 Å². The second-order valence-electron chi connectivity index (χ2n) is 5.08. The molecule has 2 aromatic rings. The summed E-state index contributed by atoms with van der Waals surface area (Å²) in [5.74, 6) is 0.908. The maximum atomic E-state index is 5.81. The largest absolute Gasteiger partial charge is 0.486 e. The summed E-state index contributed by atoms with van der Waals surface area (Å²) < 4.78 is 5.81. The fourth-order valence-electron chi connectivity index (χ4n) is 2.06. The number of thiazole rings is 1. The van der Waals surface area contributed by atoms with Crippen LogP contribution in [0.3, 0.4) is 0 Å². The minimum Gasteiger partial charge on any atom is -0.486 e. The second-order valence-corrected chi connectivity index (χ2v) is 6.25. The van der Waals surface area contributed by atoms with E-state index in [2.05, 4.69) is 43.2 Å². The van der Waals surface area contributed by atoms with Crippen LogP contribution in [0.1, 0.15) is 41.4 Å². The summed E-state index contributed by atoms with van der Waals surface area (Å²) in [5.41, 5.74) is 2.44. The summed E-state index contributed by atoms with van der Waals surface area (Å²) in [7, 11) is 0. The van der Waals surface area contributed by atoms with Crippen molar-refractivity contribution in [3.8, 4) is 5.75 Å². The van der Waals surface area contributed by atoms with E-state index in [0.717, 1.165) is 42.4 Å². The molecule has 0 aliphatic rings. The third-order valence-corrected chi connectivity index (χ3v) is 4.47. The van der Waals surface area contributed by atoms with Crippen molar-refractivity contribution in [2.75, 3.05) is 6.54 Å². The zero-order valence-electron chi connectivity index (χ0n) is 13.1. The molecular weight excluding hydrogens is 280 g/mol. The smallest absolute Gasteiger partial charge is 0.140 e. The molecule has 0 atom stereocenters. The van der Waals surface area contributed by atoms with E-state index in [-0.39, 0.29) is 0 Å². The molecule has 0 aliphatic carbocycles. The van der Waals surface area contributed by atoms with Crippen molar-refractivity contribution in [2.24, 2.45) is 0 Å². The molecule has 0 radical (unpaired) electrons. The molecule has 3 nitrogen and oxygen atoms in total. The predicted octanol–water partition coefficient (Wildman–Crippen LogP) is 4.09. The highest BCUT2D eigenvalue weighted by atomic mass is 32.1. The van der Waals surface area contributed by atoms with Gasteiger partial charge in [-0.2, -0.15) is 0 Å². The topological polar surface area (TPSA) is 34.1 Å². The van der Waals surface area contributed by atoms with E-state index < -0.39 is 0 Å². The molecular formula is C17H24N2OS. The Hall–Kier alpha value is -1.39. The number of hydrogen-bond donors (Lipinski definition) is 1. The van der Waals surface area contributed by atoms with E-state index in [1.165, 1.54) is 10.4 Å². The number of nitrogens with one attached hydrogen (secondary N) is 1. The Balaban J connectivity index is 1.89. The van der Waals surface area contributed by atoms with Gasteiger partial charge in [0, 0.05) is 11.4 Å². The number of nitrogens with zero attached hydrogens (tertiary/aromatic N) is 1. The van der Waals surface area contributed by atoms with Gasteiger partial charge in [0.05, 0.1) is 5.69 Å². The minimum atomic E-state index is 0.546.